The van der Waals surface area contributed by atoms with Crippen LogP contribution in [0.4, 0.5) is 11.4 Å². The van der Waals surface area contributed by atoms with E-state index in [1.165, 1.54) is 12.1 Å². The molecule has 0 saturated heterocycles. The fourth-order valence-corrected chi connectivity index (χ4v) is 1.98. The molecule has 0 saturated carbocycles. The Morgan fingerprint density at radius 2 is 2.40 bits per heavy atom. The highest BCUT2D eigenvalue weighted by Crippen LogP contribution is 2.20. The third kappa shape index (κ3) is 2.47. The van der Waals surface area contributed by atoms with Crippen LogP contribution in [0.5, 0.6) is 0 Å². The number of nitro groups is 1. The van der Waals surface area contributed by atoms with Gasteiger partial charge in [0.25, 0.3) is 5.69 Å². The minimum Gasteiger partial charge on any atom is -0.335 e. The van der Waals surface area contributed by atoms with Gasteiger partial charge in [0.15, 0.2) is 5.17 Å². The molecule has 0 amide bonds. The van der Waals surface area contributed by atoms with Crippen molar-refractivity contribution in [1.29, 1.82) is 0 Å². The molecule has 0 aromatic heterocycles. The first-order chi connectivity index (χ1) is 7.25. The summed E-state index contributed by atoms with van der Waals surface area (Å²) in [5, 5.41) is 14.4. The van der Waals surface area contributed by atoms with Crippen LogP contribution in [0.25, 0.3) is 0 Å². The quantitative estimate of drug-likeness (QED) is 0.616. The van der Waals surface area contributed by atoms with E-state index in [1.807, 2.05) is 0 Å². The molecule has 15 heavy (non-hydrogen) atoms. The van der Waals surface area contributed by atoms with E-state index in [4.69, 9.17) is 0 Å². The number of anilines is 1. The zero-order valence-corrected chi connectivity index (χ0v) is 8.66. The second-order valence-corrected chi connectivity index (χ2v) is 4.05. The number of hydrogen-bond donors (Lipinski definition) is 1. The number of aliphatic imine (C=N–C) groups is 1. The summed E-state index contributed by atoms with van der Waals surface area (Å²) in [5.41, 5.74) is 0.793. The second-order valence-electron chi connectivity index (χ2n) is 2.97. The van der Waals surface area contributed by atoms with Gasteiger partial charge in [-0.25, -0.2) is 0 Å². The number of non-ortho nitro benzene ring substituents is 1. The number of amidine groups is 1. The summed E-state index contributed by atoms with van der Waals surface area (Å²) < 4.78 is 0. The number of benzene rings is 1. The molecule has 6 heteroatoms. The molecule has 1 N–H and O–H groups in total. The van der Waals surface area contributed by atoms with E-state index in [0.717, 1.165) is 17.5 Å². The highest BCUT2D eigenvalue weighted by Gasteiger charge is 2.09. The molecular weight excluding hydrogens is 214 g/mol. The summed E-state index contributed by atoms with van der Waals surface area (Å²) in [7, 11) is 0. The summed E-state index contributed by atoms with van der Waals surface area (Å²) in [6.45, 7) is 0.807. The van der Waals surface area contributed by atoms with Crippen LogP contribution >= 0.6 is 11.8 Å². The van der Waals surface area contributed by atoms with Gasteiger partial charge in [0.2, 0.25) is 0 Å². The lowest BCUT2D eigenvalue weighted by molar-refractivity contribution is -0.384. The summed E-state index contributed by atoms with van der Waals surface area (Å²) in [6.07, 6.45) is 0. The molecule has 0 fully saturated rings. The lowest BCUT2D eigenvalue weighted by Gasteiger charge is -2.03. The second kappa shape index (κ2) is 4.31. The molecule has 0 radical (unpaired) electrons. The van der Waals surface area contributed by atoms with Crippen LogP contribution in [-0.4, -0.2) is 22.4 Å². The van der Waals surface area contributed by atoms with Gasteiger partial charge in [-0.1, -0.05) is 17.8 Å². The molecule has 1 aromatic rings. The summed E-state index contributed by atoms with van der Waals surface area (Å²) >= 11 is 1.62. The zero-order chi connectivity index (χ0) is 10.7. The van der Waals surface area contributed by atoms with Gasteiger partial charge in [0.05, 0.1) is 11.5 Å². The van der Waals surface area contributed by atoms with Crippen molar-refractivity contribution in [1.82, 2.24) is 0 Å². The van der Waals surface area contributed by atoms with E-state index in [2.05, 4.69) is 10.3 Å². The van der Waals surface area contributed by atoms with E-state index in [9.17, 15) is 10.1 Å². The average Bonchev–Trinajstić information content (AvgIpc) is 2.71. The van der Waals surface area contributed by atoms with Crippen LogP contribution < -0.4 is 5.32 Å². The van der Waals surface area contributed by atoms with Crippen molar-refractivity contribution >= 4 is 28.3 Å². The Morgan fingerprint density at radius 1 is 1.53 bits per heavy atom. The SMILES string of the molecule is O=[N+]([O-])c1cccc(NC2=NCCS2)c1. The maximum atomic E-state index is 10.5. The molecule has 1 aromatic carbocycles. The smallest absolute Gasteiger partial charge is 0.271 e. The van der Waals surface area contributed by atoms with Crippen molar-refractivity contribution in [3.05, 3.63) is 34.4 Å². The first kappa shape index (κ1) is 9.97. The Bertz CT molecular complexity index is 420. The number of rotatable bonds is 2. The third-order valence-corrected chi connectivity index (χ3v) is 2.79. The third-order valence-electron chi connectivity index (χ3n) is 1.89. The van der Waals surface area contributed by atoms with Gasteiger partial charge in [-0.2, -0.15) is 0 Å². The Hall–Kier alpha value is -1.56. The van der Waals surface area contributed by atoms with Crippen LogP contribution in [0, 0.1) is 10.1 Å². The molecule has 1 heterocycles. The molecule has 0 bridgehead atoms. The average molecular weight is 223 g/mol. The van der Waals surface area contributed by atoms with Gasteiger partial charge in [-0.3, -0.25) is 15.1 Å². The number of nitro benzene ring substituents is 1. The normalized spacial score (nSPS) is 14.8. The summed E-state index contributed by atoms with van der Waals surface area (Å²) in [5.74, 6) is 0.970. The lowest BCUT2D eigenvalue weighted by Crippen LogP contribution is -2.04. The van der Waals surface area contributed by atoms with Gasteiger partial charge in [0.1, 0.15) is 0 Å². The molecule has 0 spiro atoms. The van der Waals surface area contributed by atoms with Crippen LogP contribution in [0.15, 0.2) is 29.3 Å². The molecule has 78 valence electrons. The zero-order valence-electron chi connectivity index (χ0n) is 7.84. The first-order valence-electron chi connectivity index (χ1n) is 4.44. The Balaban J connectivity index is 2.14. The van der Waals surface area contributed by atoms with Crippen molar-refractivity contribution in [3.63, 3.8) is 0 Å². The molecule has 1 aliphatic heterocycles. The number of nitrogens with one attached hydrogen (secondary N) is 1. The number of thioether (sulfide) groups is 1. The van der Waals surface area contributed by atoms with Crippen LogP contribution in [-0.2, 0) is 0 Å². The maximum Gasteiger partial charge on any atom is 0.271 e. The summed E-state index contributed by atoms with van der Waals surface area (Å²) in [6, 6.07) is 6.41. The predicted octanol–water partition coefficient (Wildman–Crippen LogP) is 2.11. The van der Waals surface area contributed by atoms with Crippen molar-refractivity contribution in [2.45, 2.75) is 0 Å². The molecule has 0 atom stereocenters. The topological polar surface area (TPSA) is 67.5 Å². The van der Waals surface area contributed by atoms with Gasteiger partial charge in [-0.15, -0.1) is 0 Å². The fourth-order valence-electron chi connectivity index (χ4n) is 1.23. The molecule has 0 unspecified atom stereocenters. The van der Waals surface area contributed by atoms with Gasteiger partial charge >= 0.3 is 0 Å². The maximum absolute atomic E-state index is 10.5. The van der Waals surface area contributed by atoms with Crippen molar-refractivity contribution in [3.8, 4) is 0 Å². The summed E-state index contributed by atoms with van der Waals surface area (Å²) in [4.78, 5) is 14.3. The standard InChI is InChI=1S/C9H9N3O2S/c13-12(14)8-3-1-2-7(6-8)11-9-10-4-5-15-9/h1-3,6H,4-5H2,(H,10,11). The Kier molecular flexibility index (Phi) is 2.86. The van der Waals surface area contributed by atoms with Crippen molar-refractivity contribution in [2.75, 3.05) is 17.6 Å². The largest absolute Gasteiger partial charge is 0.335 e. The van der Waals surface area contributed by atoms with E-state index in [1.54, 1.807) is 23.9 Å². The molecular formula is C9H9N3O2S. The first-order valence-corrected chi connectivity index (χ1v) is 5.43. The number of hydrogen-bond acceptors (Lipinski definition) is 5. The van der Waals surface area contributed by atoms with Crippen molar-refractivity contribution < 1.29 is 4.92 Å². The minimum absolute atomic E-state index is 0.0867. The fraction of sp³-hybridized carbons (Fsp3) is 0.222. The highest BCUT2D eigenvalue weighted by molar-refractivity contribution is 8.14. The Labute approximate surface area is 90.7 Å². The van der Waals surface area contributed by atoms with Crippen LogP contribution in [0.3, 0.4) is 0 Å². The van der Waals surface area contributed by atoms with E-state index >= 15 is 0 Å². The minimum atomic E-state index is -0.408. The van der Waals surface area contributed by atoms with Crippen LogP contribution in [0.2, 0.25) is 0 Å². The Morgan fingerprint density at radius 3 is 3.07 bits per heavy atom. The lowest BCUT2D eigenvalue weighted by atomic mass is 10.3. The molecule has 2 rings (SSSR count). The highest BCUT2D eigenvalue weighted by atomic mass is 32.2. The van der Waals surface area contributed by atoms with Crippen LogP contribution in [0.1, 0.15) is 0 Å². The van der Waals surface area contributed by atoms with Crippen molar-refractivity contribution in [2.24, 2.45) is 4.99 Å². The van der Waals surface area contributed by atoms with Gasteiger partial charge in [-0.05, 0) is 6.07 Å². The van der Waals surface area contributed by atoms with E-state index in [-0.39, 0.29) is 5.69 Å². The molecule has 0 aliphatic carbocycles. The number of nitrogens with zero attached hydrogens (tertiary/aromatic N) is 2. The van der Waals surface area contributed by atoms with E-state index < -0.39 is 4.92 Å². The molecule has 5 nitrogen and oxygen atoms in total. The van der Waals surface area contributed by atoms with Gasteiger partial charge < -0.3 is 5.32 Å². The molecule has 1 aliphatic rings. The van der Waals surface area contributed by atoms with E-state index in [0.29, 0.717) is 5.69 Å². The monoisotopic (exact) mass is 223 g/mol. The predicted molar refractivity (Wildman–Crippen MR) is 61.5 cm³/mol. The van der Waals surface area contributed by atoms with Gasteiger partial charge in [0, 0.05) is 23.6 Å².